The van der Waals surface area contributed by atoms with Crippen LogP contribution in [0.15, 0.2) is 23.9 Å². The third-order valence-corrected chi connectivity index (χ3v) is 2.61. The lowest BCUT2D eigenvalue weighted by Crippen LogP contribution is -1.99. The molecule has 0 saturated carbocycles. The first-order chi connectivity index (χ1) is 9.06. The van der Waals surface area contributed by atoms with Gasteiger partial charge in [-0.3, -0.25) is 4.40 Å². The average molecular weight is 257 g/mol. The van der Waals surface area contributed by atoms with Gasteiger partial charge in [0.25, 0.3) is 0 Å². The minimum atomic E-state index is -1.29. The summed E-state index contributed by atoms with van der Waals surface area (Å²) in [6.45, 7) is 1.93. The number of imidazole rings is 1. The van der Waals surface area contributed by atoms with Crippen molar-refractivity contribution in [3.05, 3.63) is 35.2 Å². The van der Waals surface area contributed by atoms with Crippen LogP contribution in [0.1, 0.15) is 11.3 Å². The Morgan fingerprint density at radius 1 is 1.63 bits per heavy atom. The van der Waals surface area contributed by atoms with Crippen LogP contribution in [0.25, 0.3) is 11.7 Å². The number of hydrogen-bond donors (Lipinski definition) is 1. The van der Waals surface area contributed by atoms with Gasteiger partial charge in [-0.1, -0.05) is 0 Å². The number of carboxylic acid groups (broad SMARTS) is 1. The van der Waals surface area contributed by atoms with Gasteiger partial charge in [-0.25, -0.2) is 4.79 Å². The summed E-state index contributed by atoms with van der Waals surface area (Å²) in [5.74, 6) is -1.01. The third-order valence-electron chi connectivity index (χ3n) is 2.61. The van der Waals surface area contributed by atoms with Crippen LogP contribution in [0.3, 0.4) is 0 Å². The number of carboxylic acids is 1. The molecule has 0 aliphatic carbocycles. The van der Waals surface area contributed by atoms with Gasteiger partial charge in [-0.15, -0.1) is 0 Å². The van der Waals surface area contributed by atoms with Crippen LogP contribution in [0.2, 0.25) is 0 Å². The van der Waals surface area contributed by atoms with Gasteiger partial charge in [0, 0.05) is 6.20 Å². The van der Waals surface area contributed by atoms with Crippen molar-refractivity contribution < 1.29 is 14.6 Å². The number of carbonyl (C=O) groups is 1. The van der Waals surface area contributed by atoms with Crippen LogP contribution < -0.4 is 4.74 Å². The van der Waals surface area contributed by atoms with E-state index < -0.39 is 5.97 Å². The van der Waals surface area contributed by atoms with E-state index >= 15 is 0 Å². The summed E-state index contributed by atoms with van der Waals surface area (Å²) in [6.07, 6.45) is 3.00. The zero-order valence-corrected chi connectivity index (χ0v) is 10.4. The van der Waals surface area contributed by atoms with Crippen molar-refractivity contribution in [3.63, 3.8) is 0 Å². The fraction of sp³-hybridized carbons (Fsp3) is 0.154. The maximum absolute atomic E-state index is 10.9. The molecule has 6 nitrogen and oxygen atoms in total. The molecule has 1 N–H and O–H groups in total. The van der Waals surface area contributed by atoms with Gasteiger partial charge in [-0.05, 0) is 30.7 Å². The lowest BCUT2D eigenvalue weighted by atomic mass is 10.2. The molecule has 0 aromatic carbocycles. The van der Waals surface area contributed by atoms with Crippen molar-refractivity contribution >= 4 is 17.7 Å². The Bertz CT molecular complexity index is 723. The highest BCUT2D eigenvalue weighted by Crippen LogP contribution is 2.23. The summed E-state index contributed by atoms with van der Waals surface area (Å²) in [5.41, 5.74) is 1.71. The highest BCUT2D eigenvalue weighted by Gasteiger charge is 2.14. The Kier molecular flexibility index (Phi) is 3.21. The zero-order valence-electron chi connectivity index (χ0n) is 10.4. The molecule has 0 atom stereocenters. The molecule has 2 rings (SSSR count). The van der Waals surface area contributed by atoms with E-state index in [9.17, 15) is 4.79 Å². The third kappa shape index (κ3) is 2.26. The summed E-state index contributed by atoms with van der Waals surface area (Å²) in [6, 6.07) is 5.33. The number of hydrogen-bond acceptors (Lipinski definition) is 4. The first-order valence-corrected chi connectivity index (χ1v) is 5.44. The predicted molar refractivity (Wildman–Crippen MR) is 67.7 cm³/mol. The first-order valence-electron chi connectivity index (χ1n) is 5.44. The van der Waals surface area contributed by atoms with Crippen molar-refractivity contribution in [3.8, 4) is 11.9 Å². The normalized spacial score (nSPS) is 11.3. The topological polar surface area (TPSA) is 87.6 Å². The summed E-state index contributed by atoms with van der Waals surface area (Å²) < 4.78 is 6.79. The van der Waals surface area contributed by atoms with Gasteiger partial charge in [0.1, 0.15) is 23.0 Å². The SMILES string of the molecule is COc1nc2cc(C)ccn2c1/C=C(\C#N)C(=O)O. The molecule has 0 aliphatic heterocycles. The second kappa shape index (κ2) is 4.82. The number of nitriles is 1. The average Bonchev–Trinajstić information content (AvgIpc) is 2.72. The van der Waals surface area contributed by atoms with E-state index in [1.807, 2.05) is 19.1 Å². The van der Waals surface area contributed by atoms with E-state index in [1.54, 1.807) is 16.7 Å². The number of pyridine rings is 1. The number of nitrogens with zero attached hydrogens (tertiary/aromatic N) is 3. The summed E-state index contributed by atoms with van der Waals surface area (Å²) in [7, 11) is 1.44. The standard InChI is InChI=1S/C13H11N3O3/c1-8-3-4-16-10(6-9(7-14)13(17)18)12(19-2)15-11(16)5-8/h3-6H,1-2H3,(H,17,18)/b9-6+. The number of aryl methyl sites for hydroxylation is 1. The van der Waals surface area contributed by atoms with Gasteiger partial charge in [-0.2, -0.15) is 10.2 Å². The van der Waals surface area contributed by atoms with Crippen molar-refractivity contribution in [2.75, 3.05) is 7.11 Å². The molecule has 2 heterocycles. The van der Waals surface area contributed by atoms with Crippen LogP contribution >= 0.6 is 0 Å². The predicted octanol–water partition coefficient (Wildman–Crippen LogP) is 1.64. The summed E-state index contributed by atoms with van der Waals surface area (Å²) >= 11 is 0. The molecule has 19 heavy (non-hydrogen) atoms. The number of ether oxygens (including phenoxy) is 1. The molecule has 0 fully saturated rings. The van der Waals surface area contributed by atoms with Crippen molar-refractivity contribution in [2.24, 2.45) is 0 Å². The fourth-order valence-electron chi connectivity index (χ4n) is 1.70. The van der Waals surface area contributed by atoms with E-state index in [0.29, 0.717) is 11.3 Å². The zero-order chi connectivity index (χ0) is 14.0. The molecule has 2 aromatic rings. The van der Waals surface area contributed by atoms with E-state index in [4.69, 9.17) is 15.1 Å². The molecular weight excluding hydrogens is 246 g/mol. The van der Waals surface area contributed by atoms with E-state index in [1.165, 1.54) is 13.2 Å². The maximum Gasteiger partial charge on any atom is 0.346 e. The highest BCUT2D eigenvalue weighted by molar-refractivity contribution is 5.96. The van der Waals surface area contributed by atoms with Crippen molar-refractivity contribution in [1.82, 2.24) is 9.38 Å². The van der Waals surface area contributed by atoms with Crippen LogP contribution in [-0.2, 0) is 4.79 Å². The summed E-state index contributed by atoms with van der Waals surface area (Å²) in [4.78, 5) is 15.1. The number of aromatic nitrogens is 2. The van der Waals surface area contributed by atoms with Gasteiger partial charge >= 0.3 is 5.97 Å². The molecule has 0 saturated heterocycles. The van der Waals surface area contributed by atoms with Crippen LogP contribution in [-0.4, -0.2) is 27.6 Å². The van der Waals surface area contributed by atoms with Gasteiger partial charge < -0.3 is 9.84 Å². The van der Waals surface area contributed by atoms with Crippen LogP contribution in [0.5, 0.6) is 5.88 Å². The van der Waals surface area contributed by atoms with Crippen molar-refractivity contribution in [1.29, 1.82) is 5.26 Å². The second-order valence-corrected chi connectivity index (χ2v) is 3.91. The monoisotopic (exact) mass is 257 g/mol. The summed E-state index contributed by atoms with van der Waals surface area (Å²) in [5, 5.41) is 17.7. The quantitative estimate of drug-likeness (QED) is 0.667. The Labute approximate surface area is 109 Å². The number of aliphatic carboxylic acids is 1. The smallest absolute Gasteiger partial charge is 0.346 e. The molecule has 2 aromatic heterocycles. The lowest BCUT2D eigenvalue weighted by molar-refractivity contribution is -0.132. The highest BCUT2D eigenvalue weighted by atomic mass is 16.5. The van der Waals surface area contributed by atoms with E-state index in [2.05, 4.69) is 4.98 Å². The van der Waals surface area contributed by atoms with E-state index in [-0.39, 0.29) is 11.5 Å². The van der Waals surface area contributed by atoms with Gasteiger partial charge in [0.05, 0.1) is 7.11 Å². The second-order valence-electron chi connectivity index (χ2n) is 3.91. The molecular formula is C13H11N3O3. The molecule has 0 spiro atoms. The molecule has 0 aliphatic rings. The molecule has 0 bridgehead atoms. The number of rotatable bonds is 3. The maximum atomic E-state index is 10.9. The van der Waals surface area contributed by atoms with Crippen molar-refractivity contribution in [2.45, 2.75) is 6.92 Å². The van der Waals surface area contributed by atoms with E-state index in [0.717, 1.165) is 5.56 Å². The Morgan fingerprint density at radius 2 is 2.37 bits per heavy atom. The minimum absolute atomic E-state index is 0.277. The number of fused-ring (bicyclic) bond motifs is 1. The van der Waals surface area contributed by atoms with Gasteiger partial charge in [0.2, 0.25) is 5.88 Å². The lowest BCUT2D eigenvalue weighted by Gasteiger charge is -1.99. The Hall–Kier alpha value is -2.81. The fourth-order valence-corrected chi connectivity index (χ4v) is 1.70. The van der Waals surface area contributed by atoms with Crippen LogP contribution in [0, 0.1) is 18.3 Å². The molecule has 96 valence electrons. The first kappa shape index (κ1) is 12.6. The van der Waals surface area contributed by atoms with Crippen LogP contribution in [0.4, 0.5) is 0 Å². The Balaban J connectivity index is 2.71. The molecule has 6 heteroatoms. The molecule has 0 amide bonds. The largest absolute Gasteiger partial charge is 0.479 e. The van der Waals surface area contributed by atoms with Gasteiger partial charge in [0.15, 0.2) is 0 Å². The molecule has 0 radical (unpaired) electrons. The minimum Gasteiger partial charge on any atom is -0.479 e. The molecule has 0 unspecified atom stereocenters. The Morgan fingerprint density at radius 3 is 2.95 bits per heavy atom. The number of methoxy groups -OCH3 is 1.